The van der Waals surface area contributed by atoms with Crippen molar-refractivity contribution < 1.29 is 4.79 Å². The van der Waals surface area contributed by atoms with Crippen LogP contribution in [0.25, 0.3) is 0 Å². The summed E-state index contributed by atoms with van der Waals surface area (Å²) in [4.78, 5) is 11.2. The Morgan fingerprint density at radius 1 is 1.25 bits per heavy atom. The van der Waals surface area contributed by atoms with Crippen LogP contribution in [-0.2, 0) is 4.79 Å². The molecule has 1 aliphatic rings. The Balaban J connectivity index is 2.14. The number of rotatable bonds is 3. The van der Waals surface area contributed by atoms with Gasteiger partial charge in [-0.25, -0.2) is 10.0 Å². The van der Waals surface area contributed by atoms with Crippen molar-refractivity contribution >= 4 is 12.1 Å². The lowest BCUT2D eigenvalue weighted by atomic mass is 10.2. The number of hydrogen-bond acceptors (Lipinski definition) is 3. The van der Waals surface area contributed by atoms with Gasteiger partial charge in [0.05, 0.1) is 5.69 Å². The van der Waals surface area contributed by atoms with E-state index in [1.54, 1.807) is 5.01 Å². The van der Waals surface area contributed by atoms with Crippen molar-refractivity contribution in [2.45, 2.75) is 6.92 Å². The number of carbonyl (C=O) groups is 1. The summed E-state index contributed by atoms with van der Waals surface area (Å²) >= 11 is 0. The van der Waals surface area contributed by atoms with Crippen LogP contribution in [0.5, 0.6) is 0 Å². The second-order valence-electron chi connectivity index (χ2n) is 3.99. The molecular formula is C12H17N3O. The van der Waals surface area contributed by atoms with E-state index in [1.807, 2.05) is 31.2 Å². The first-order chi connectivity index (χ1) is 7.81. The predicted octanol–water partition coefficient (Wildman–Crippen LogP) is 0.778. The molecule has 0 bridgehead atoms. The first-order valence-corrected chi connectivity index (χ1v) is 5.58. The van der Waals surface area contributed by atoms with E-state index in [0.717, 1.165) is 38.3 Å². The van der Waals surface area contributed by atoms with Gasteiger partial charge in [0, 0.05) is 26.2 Å². The molecule has 0 aliphatic carbocycles. The molecule has 4 heteroatoms. The van der Waals surface area contributed by atoms with Gasteiger partial charge in [0.1, 0.15) is 0 Å². The summed E-state index contributed by atoms with van der Waals surface area (Å²) in [5.74, 6) is 0. The van der Waals surface area contributed by atoms with E-state index < -0.39 is 0 Å². The van der Waals surface area contributed by atoms with Crippen molar-refractivity contribution in [3.63, 3.8) is 0 Å². The van der Waals surface area contributed by atoms with Crippen molar-refractivity contribution in [3.05, 3.63) is 29.8 Å². The third-order valence-corrected chi connectivity index (χ3v) is 2.80. The van der Waals surface area contributed by atoms with Crippen molar-refractivity contribution in [1.29, 1.82) is 0 Å². The van der Waals surface area contributed by atoms with Gasteiger partial charge >= 0.3 is 0 Å². The van der Waals surface area contributed by atoms with Crippen molar-refractivity contribution in [2.24, 2.45) is 0 Å². The highest BCUT2D eigenvalue weighted by Crippen LogP contribution is 2.16. The Morgan fingerprint density at radius 2 is 1.88 bits per heavy atom. The largest absolute Gasteiger partial charge is 0.314 e. The van der Waals surface area contributed by atoms with Gasteiger partial charge in [-0.3, -0.25) is 4.79 Å². The molecular weight excluding hydrogens is 202 g/mol. The van der Waals surface area contributed by atoms with Gasteiger partial charge < -0.3 is 5.32 Å². The minimum absolute atomic E-state index is 0.868. The van der Waals surface area contributed by atoms with Crippen molar-refractivity contribution in [1.82, 2.24) is 10.3 Å². The second-order valence-corrected chi connectivity index (χ2v) is 3.99. The average molecular weight is 219 g/mol. The maximum atomic E-state index is 11.2. The highest BCUT2D eigenvalue weighted by atomic mass is 16.1. The number of benzene rings is 1. The zero-order valence-corrected chi connectivity index (χ0v) is 9.52. The lowest BCUT2D eigenvalue weighted by Crippen LogP contribution is -2.52. The first kappa shape index (κ1) is 11.1. The molecule has 1 fully saturated rings. The summed E-state index contributed by atoms with van der Waals surface area (Å²) in [6.07, 6.45) is 0.885. The van der Waals surface area contributed by atoms with Gasteiger partial charge in [-0.1, -0.05) is 17.7 Å². The SMILES string of the molecule is Cc1ccc(N(C=O)N2CCNCC2)cc1. The smallest absolute Gasteiger partial charge is 0.228 e. The molecule has 2 rings (SSSR count). The van der Waals surface area contributed by atoms with E-state index in [4.69, 9.17) is 0 Å². The molecule has 4 nitrogen and oxygen atoms in total. The van der Waals surface area contributed by atoms with Crippen LogP contribution in [0.15, 0.2) is 24.3 Å². The molecule has 0 saturated carbocycles. The van der Waals surface area contributed by atoms with Gasteiger partial charge in [0.2, 0.25) is 6.41 Å². The number of anilines is 1. The molecule has 86 valence electrons. The number of nitrogens with one attached hydrogen (secondary N) is 1. The monoisotopic (exact) mass is 219 g/mol. The average Bonchev–Trinajstić information content (AvgIpc) is 2.34. The van der Waals surface area contributed by atoms with Crippen LogP contribution in [0, 0.1) is 6.92 Å². The molecule has 1 N–H and O–H groups in total. The van der Waals surface area contributed by atoms with Crippen LogP contribution < -0.4 is 10.3 Å². The normalized spacial score (nSPS) is 17.1. The van der Waals surface area contributed by atoms with Crippen molar-refractivity contribution in [2.75, 3.05) is 31.2 Å². The topological polar surface area (TPSA) is 35.6 Å². The minimum atomic E-state index is 0.868. The van der Waals surface area contributed by atoms with Gasteiger partial charge in [0.15, 0.2) is 0 Å². The van der Waals surface area contributed by atoms with Crippen LogP contribution in [-0.4, -0.2) is 37.6 Å². The van der Waals surface area contributed by atoms with Gasteiger partial charge in [-0.15, -0.1) is 0 Å². The molecule has 1 aromatic carbocycles. The molecule has 0 radical (unpaired) electrons. The number of amides is 1. The molecule has 1 aromatic rings. The van der Waals surface area contributed by atoms with Crippen LogP contribution in [0.2, 0.25) is 0 Å². The number of piperazine rings is 1. The Bertz CT molecular complexity index is 344. The fourth-order valence-corrected chi connectivity index (χ4v) is 1.86. The van der Waals surface area contributed by atoms with Gasteiger partial charge in [-0.05, 0) is 19.1 Å². The number of aryl methyl sites for hydroxylation is 1. The van der Waals surface area contributed by atoms with E-state index in [-0.39, 0.29) is 0 Å². The summed E-state index contributed by atoms with van der Waals surface area (Å²) in [6.45, 7) is 5.63. The van der Waals surface area contributed by atoms with E-state index in [0.29, 0.717) is 0 Å². The number of nitrogens with zero attached hydrogens (tertiary/aromatic N) is 2. The fraction of sp³-hybridized carbons (Fsp3) is 0.417. The number of hydrogen-bond donors (Lipinski definition) is 1. The van der Waals surface area contributed by atoms with E-state index in [9.17, 15) is 4.79 Å². The van der Waals surface area contributed by atoms with Crippen LogP contribution >= 0.6 is 0 Å². The standard InChI is InChI=1S/C12H17N3O/c1-11-2-4-12(5-3-11)15(10-16)14-8-6-13-7-9-14/h2-5,10,13H,6-9H2,1H3. The quantitative estimate of drug-likeness (QED) is 0.763. The van der Waals surface area contributed by atoms with E-state index in [2.05, 4.69) is 10.3 Å². The zero-order chi connectivity index (χ0) is 11.4. The Labute approximate surface area is 95.8 Å². The van der Waals surface area contributed by atoms with E-state index >= 15 is 0 Å². The molecule has 16 heavy (non-hydrogen) atoms. The summed E-state index contributed by atoms with van der Waals surface area (Å²) in [5, 5.41) is 7.03. The molecule has 1 heterocycles. The molecule has 1 aliphatic heterocycles. The minimum Gasteiger partial charge on any atom is -0.314 e. The molecule has 1 amide bonds. The summed E-state index contributed by atoms with van der Waals surface area (Å²) in [7, 11) is 0. The Hall–Kier alpha value is -1.39. The Morgan fingerprint density at radius 3 is 2.44 bits per heavy atom. The zero-order valence-electron chi connectivity index (χ0n) is 9.52. The fourth-order valence-electron chi connectivity index (χ4n) is 1.86. The Kier molecular flexibility index (Phi) is 3.54. The third kappa shape index (κ3) is 2.40. The number of carbonyl (C=O) groups excluding carboxylic acids is 1. The van der Waals surface area contributed by atoms with Gasteiger partial charge in [0.25, 0.3) is 0 Å². The maximum absolute atomic E-state index is 11.2. The highest BCUT2D eigenvalue weighted by molar-refractivity contribution is 5.73. The predicted molar refractivity (Wildman–Crippen MR) is 64.2 cm³/mol. The maximum Gasteiger partial charge on any atom is 0.228 e. The number of hydrazine groups is 1. The molecule has 0 aromatic heterocycles. The van der Waals surface area contributed by atoms with Gasteiger partial charge in [-0.2, -0.15) is 0 Å². The summed E-state index contributed by atoms with van der Waals surface area (Å²) in [5.41, 5.74) is 2.14. The highest BCUT2D eigenvalue weighted by Gasteiger charge is 2.17. The summed E-state index contributed by atoms with van der Waals surface area (Å²) in [6, 6.07) is 8.00. The van der Waals surface area contributed by atoms with Crippen LogP contribution in [0.4, 0.5) is 5.69 Å². The third-order valence-electron chi connectivity index (χ3n) is 2.80. The lowest BCUT2D eigenvalue weighted by molar-refractivity contribution is -0.110. The summed E-state index contributed by atoms with van der Waals surface area (Å²) < 4.78 is 0. The van der Waals surface area contributed by atoms with Crippen LogP contribution in [0.1, 0.15) is 5.56 Å². The van der Waals surface area contributed by atoms with E-state index in [1.165, 1.54) is 5.56 Å². The second kappa shape index (κ2) is 5.09. The molecule has 0 unspecified atom stereocenters. The first-order valence-electron chi connectivity index (χ1n) is 5.58. The molecule has 0 spiro atoms. The molecule has 1 saturated heterocycles. The lowest BCUT2D eigenvalue weighted by Gasteiger charge is -2.35. The van der Waals surface area contributed by atoms with Crippen molar-refractivity contribution in [3.8, 4) is 0 Å². The van der Waals surface area contributed by atoms with Crippen LogP contribution in [0.3, 0.4) is 0 Å². The molecule has 0 atom stereocenters.